The number of amides is 1. The molecule has 1 saturated heterocycles. The lowest BCUT2D eigenvalue weighted by atomic mass is 9.91. The first-order valence-electron chi connectivity index (χ1n) is 9.64. The summed E-state index contributed by atoms with van der Waals surface area (Å²) in [4.78, 5) is 19.5. The molecule has 2 aromatic rings. The quantitative estimate of drug-likeness (QED) is 0.702. The third-order valence-electron chi connectivity index (χ3n) is 5.37. The maximum absolute atomic E-state index is 13.0. The van der Waals surface area contributed by atoms with E-state index in [-0.39, 0.29) is 18.6 Å². The predicted molar refractivity (Wildman–Crippen MR) is 108 cm³/mol. The number of para-hydroxylation sites is 1. The van der Waals surface area contributed by atoms with E-state index in [1.807, 2.05) is 36.1 Å². The van der Waals surface area contributed by atoms with E-state index < -0.39 is 0 Å². The molecule has 1 aliphatic heterocycles. The molecule has 144 valence electrons. The van der Waals surface area contributed by atoms with Gasteiger partial charge in [-0.2, -0.15) is 0 Å². The van der Waals surface area contributed by atoms with Crippen molar-refractivity contribution >= 4 is 17.5 Å². The molecule has 3 rings (SSSR count). The van der Waals surface area contributed by atoms with Crippen LogP contribution in [0.4, 0.5) is 0 Å². The molecule has 27 heavy (non-hydrogen) atoms. The van der Waals surface area contributed by atoms with Gasteiger partial charge >= 0.3 is 0 Å². The molecule has 0 N–H and O–H groups in total. The highest BCUT2D eigenvalue weighted by atomic mass is 35.5. The van der Waals surface area contributed by atoms with Crippen LogP contribution in [0.25, 0.3) is 0 Å². The molecule has 0 spiro atoms. The van der Waals surface area contributed by atoms with Gasteiger partial charge in [0.05, 0.1) is 10.7 Å². The van der Waals surface area contributed by atoms with Crippen molar-refractivity contribution in [2.24, 2.45) is 5.92 Å². The number of aryl methyl sites for hydroxylation is 1. The summed E-state index contributed by atoms with van der Waals surface area (Å²) in [5.41, 5.74) is 2.18. The molecule has 1 fully saturated rings. The van der Waals surface area contributed by atoms with Crippen LogP contribution in [0.2, 0.25) is 5.02 Å². The maximum Gasteiger partial charge on any atom is 0.272 e. The second-order valence-corrected chi connectivity index (χ2v) is 7.75. The van der Waals surface area contributed by atoms with Crippen molar-refractivity contribution < 1.29 is 9.53 Å². The van der Waals surface area contributed by atoms with E-state index in [1.165, 1.54) is 6.42 Å². The van der Waals surface area contributed by atoms with E-state index in [9.17, 15) is 4.79 Å². The number of rotatable bonds is 5. The molecule has 0 bridgehead atoms. The summed E-state index contributed by atoms with van der Waals surface area (Å²) in [5, 5.41) is 0.579. The number of hydrogen-bond acceptors (Lipinski definition) is 3. The molecular weight excluding hydrogens is 360 g/mol. The van der Waals surface area contributed by atoms with Crippen LogP contribution in [-0.4, -0.2) is 28.4 Å². The van der Waals surface area contributed by atoms with E-state index in [1.54, 1.807) is 12.1 Å². The van der Waals surface area contributed by atoms with Crippen LogP contribution in [0.3, 0.4) is 0 Å². The first-order valence-corrected chi connectivity index (χ1v) is 10.0. The molecule has 1 aromatic carbocycles. The van der Waals surface area contributed by atoms with Crippen LogP contribution in [0.1, 0.15) is 54.9 Å². The van der Waals surface area contributed by atoms with Gasteiger partial charge in [0.15, 0.2) is 0 Å². The summed E-state index contributed by atoms with van der Waals surface area (Å²) in [7, 11) is 0. The SMILES string of the molecule is CCC1CCC(C)N(C(=O)c2cccc(COc3c(C)cccc3Cl)n2)C1. The third kappa shape index (κ3) is 4.62. The zero-order chi connectivity index (χ0) is 19.4. The van der Waals surface area contributed by atoms with Crippen molar-refractivity contribution in [2.75, 3.05) is 6.54 Å². The van der Waals surface area contributed by atoms with Crippen LogP contribution in [0.5, 0.6) is 5.75 Å². The van der Waals surface area contributed by atoms with Gasteiger partial charge in [-0.25, -0.2) is 4.98 Å². The highest BCUT2D eigenvalue weighted by molar-refractivity contribution is 6.32. The Balaban J connectivity index is 1.72. The Bertz CT molecular complexity index is 788. The molecule has 1 aliphatic rings. The number of pyridine rings is 1. The molecule has 0 aliphatic carbocycles. The number of piperidine rings is 1. The van der Waals surface area contributed by atoms with Crippen LogP contribution in [-0.2, 0) is 6.61 Å². The standard InChI is InChI=1S/C22H27ClN2O2/c1-4-17-12-11-16(3)25(13-17)22(26)20-10-6-8-18(24-20)14-27-21-15(2)7-5-9-19(21)23/h5-10,16-17H,4,11-14H2,1-3H3. The fraction of sp³-hybridized carbons (Fsp3) is 0.455. The number of aromatic nitrogens is 1. The Labute approximate surface area is 166 Å². The largest absolute Gasteiger partial charge is 0.485 e. The summed E-state index contributed by atoms with van der Waals surface area (Å²) in [5.74, 6) is 1.25. The van der Waals surface area contributed by atoms with E-state index in [2.05, 4.69) is 18.8 Å². The smallest absolute Gasteiger partial charge is 0.272 e. The van der Waals surface area contributed by atoms with Gasteiger partial charge in [-0.15, -0.1) is 0 Å². The van der Waals surface area contributed by atoms with Gasteiger partial charge < -0.3 is 9.64 Å². The second kappa shape index (κ2) is 8.75. The van der Waals surface area contributed by atoms with E-state index in [4.69, 9.17) is 16.3 Å². The normalized spacial score (nSPS) is 19.8. The number of likely N-dealkylation sites (tertiary alicyclic amines) is 1. The number of benzene rings is 1. The van der Waals surface area contributed by atoms with E-state index >= 15 is 0 Å². The van der Waals surface area contributed by atoms with Gasteiger partial charge in [0.1, 0.15) is 18.1 Å². The number of halogens is 1. The first kappa shape index (κ1) is 19.7. The van der Waals surface area contributed by atoms with Crippen molar-refractivity contribution in [2.45, 2.75) is 52.7 Å². The number of carbonyl (C=O) groups is 1. The predicted octanol–water partition coefficient (Wildman–Crippen LogP) is 5.27. The minimum atomic E-state index is 0.0106. The fourth-order valence-corrected chi connectivity index (χ4v) is 3.85. The molecule has 1 aromatic heterocycles. The number of hydrogen-bond donors (Lipinski definition) is 0. The van der Waals surface area contributed by atoms with Crippen LogP contribution >= 0.6 is 11.6 Å². The lowest BCUT2D eigenvalue weighted by Gasteiger charge is -2.37. The summed E-state index contributed by atoms with van der Waals surface area (Å²) in [6.07, 6.45) is 3.35. The Hall–Kier alpha value is -2.07. The first-order chi connectivity index (χ1) is 13.0. The van der Waals surface area contributed by atoms with Gasteiger partial charge in [-0.3, -0.25) is 4.79 Å². The molecule has 2 heterocycles. The monoisotopic (exact) mass is 386 g/mol. The molecular formula is C22H27ClN2O2. The minimum Gasteiger partial charge on any atom is -0.485 e. The van der Waals surface area contributed by atoms with Crippen LogP contribution in [0, 0.1) is 12.8 Å². The molecule has 1 amide bonds. The van der Waals surface area contributed by atoms with Crippen molar-refractivity contribution in [3.05, 3.63) is 58.4 Å². The number of carbonyl (C=O) groups excluding carboxylic acids is 1. The lowest BCUT2D eigenvalue weighted by molar-refractivity contribution is 0.0550. The van der Waals surface area contributed by atoms with Crippen LogP contribution in [0.15, 0.2) is 36.4 Å². The zero-order valence-corrected chi connectivity index (χ0v) is 17.0. The average Bonchev–Trinajstić information content (AvgIpc) is 2.68. The summed E-state index contributed by atoms with van der Waals surface area (Å²) in [6.45, 7) is 7.36. The van der Waals surface area contributed by atoms with Gasteiger partial charge in [0, 0.05) is 12.6 Å². The average molecular weight is 387 g/mol. The fourth-order valence-electron chi connectivity index (χ4n) is 3.57. The van der Waals surface area contributed by atoms with E-state index in [0.717, 1.165) is 30.6 Å². The highest BCUT2D eigenvalue weighted by Crippen LogP contribution is 2.29. The minimum absolute atomic E-state index is 0.0106. The Morgan fingerprint density at radius 2 is 2.04 bits per heavy atom. The molecule has 5 heteroatoms. The summed E-state index contributed by atoms with van der Waals surface area (Å²) >= 11 is 6.22. The maximum atomic E-state index is 13.0. The van der Waals surface area contributed by atoms with Gasteiger partial charge in [0.2, 0.25) is 0 Å². The third-order valence-corrected chi connectivity index (χ3v) is 5.67. The van der Waals surface area contributed by atoms with Gasteiger partial charge in [-0.1, -0.05) is 43.1 Å². The second-order valence-electron chi connectivity index (χ2n) is 7.35. The Morgan fingerprint density at radius 1 is 1.26 bits per heavy atom. The van der Waals surface area contributed by atoms with E-state index in [0.29, 0.717) is 22.4 Å². The lowest BCUT2D eigenvalue weighted by Crippen LogP contribution is -2.45. The molecule has 0 radical (unpaired) electrons. The van der Waals surface area contributed by atoms with Crippen molar-refractivity contribution in [3.8, 4) is 5.75 Å². The summed E-state index contributed by atoms with van der Waals surface area (Å²) < 4.78 is 5.87. The van der Waals surface area contributed by atoms with Crippen molar-refractivity contribution in [3.63, 3.8) is 0 Å². The Kier molecular flexibility index (Phi) is 6.38. The van der Waals surface area contributed by atoms with Gasteiger partial charge in [0.25, 0.3) is 5.91 Å². The van der Waals surface area contributed by atoms with Crippen molar-refractivity contribution in [1.82, 2.24) is 9.88 Å². The summed E-state index contributed by atoms with van der Waals surface area (Å²) in [6, 6.07) is 11.4. The van der Waals surface area contributed by atoms with Gasteiger partial charge in [-0.05, 0) is 56.4 Å². The molecule has 2 atom stereocenters. The highest BCUT2D eigenvalue weighted by Gasteiger charge is 2.29. The van der Waals surface area contributed by atoms with Crippen molar-refractivity contribution in [1.29, 1.82) is 0 Å². The topological polar surface area (TPSA) is 42.4 Å². The Morgan fingerprint density at radius 3 is 2.78 bits per heavy atom. The zero-order valence-electron chi connectivity index (χ0n) is 16.2. The number of ether oxygens (including phenoxy) is 1. The molecule has 4 nitrogen and oxygen atoms in total. The molecule has 2 unspecified atom stereocenters. The number of nitrogens with zero attached hydrogens (tertiary/aromatic N) is 2. The van der Waals surface area contributed by atoms with Crippen LogP contribution < -0.4 is 4.74 Å². The molecule has 0 saturated carbocycles.